The van der Waals surface area contributed by atoms with Gasteiger partial charge in [0.25, 0.3) is 5.91 Å². The summed E-state index contributed by atoms with van der Waals surface area (Å²) in [5, 5.41) is 15.1. The van der Waals surface area contributed by atoms with E-state index in [-0.39, 0.29) is 0 Å². The van der Waals surface area contributed by atoms with Gasteiger partial charge in [0.15, 0.2) is 5.82 Å². The Labute approximate surface area is 179 Å². The van der Waals surface area contributed by atoms with Crippen molar-refractivity contribution in [2.24, 2.45) is 5.73 Å². The number of carbonyl (C=O) groups excluding carboxylic acids is 1. The normalized spacial score (nSPS) is 13.5. The molecule has 0 spiro atoms. The highest BCUT2D eigenvalue weighted by atomic mass is 16.1. The topological polar surface area (TPSA) is 122 Å². The molecule has 0 fully saturated rings. The van der Waals surface area contributed by atoms with E-state index in [1.807, 2.05) is 24.3 Å². The van der Waals surface area contributed by atoms with Gasteiger partial charge in [0.2, 0.25) is 0 Å². The Kier molecular flexibility index (Phi) is 5.05. The molecule has 5 rings (SSSR count). The molecule has 0 saturated heterocycles. The van der Waals surface area contributed by atoms with E-state index < -0.39 is 5.91 Å². The van der Waals surface area contributed by atoms with Gasteiger partial charge >= 0.3 is 0 Å². The second kappa shape index (κ2) is 8.16. The maximum Gasteiger partial charge on any atom is 0.250 e. The van der Waals surface area contributed by atoms with Gasteiger partial charge in [-0.1, -0.05) is 42.5 Å². The van der Waals surface area contributed by atoms with Crippen molar-refractivity contribution in [3.8, 4) is 11.5 Å². The summed E-state index contributed by atoms with van der Waals surface area (Å²) in [6.07, 6.45) is 1.69. The Bertz CT molecular complexity index is 1250. The number of H-pyrrole nitrogens is 1. The summed E-state index contributed by atoms with van der Waals surface area (Å²) in [5.74, 6) is 0.879. The van der Waals surface area contributed by atoms with Crippen LogP contribution in [0.3, 0.4) is 0 Å². The number of benzene rings is 2. The third-order valence-corrected chi connectivity index (χ3v) is 5.56. The summed E-state index contributed by atoms with van der Waals surface area (Å²) in [5.41, 5.74) is 10.5. The number of nitrogens with one attached hydrogen (secondary N) is 3. The first-order valence-corrected chi connectivity index (χ1v) is 10.4. The van der Waals surface area contributed by atoms with Crippen LogP contribution in [0.25, 0.3) is 22.4 Å². The largest absolute Gasteiger partial charge is 0.366 e. The van der Waals surface area contributed by atoms with E-state index in [1.54, 1.807) is 12.1 Å². The predicted octanol–water partition coefficient (Wildman–Crippen LogP) is 2.42. The second-order valence-electron chi connectivity index (χ2n) is 7.57. The molecule has 31 heavy (non-hydrogen) atoms. The Morgan fingerprint density at radius 1 is 1.03 bits per heavy atom. The zero-order valence-corrected chi connectivity index (χ0v) is 17.0. The highest BCUT2D eigenvalue weighted by Gasteiger charge is 2.20. The number of aromatic amines is 1. The van der Waals surface area contributed by atoms with Gasteiger partial charge in [-0.3, -0.25) is 9.89 Å². The first-order valence-electron chi connectivity index (χ1n) is 10.4. The predicted molar refractivity (Wildman–Crippen MR) is 120 cm³/mol. The van der Waals surface area contributed by atoms with Crippen LogP contribution in [-0.4, -0.2) is 39.2 Å². The van der Waals surface area contributed by atoms with E-state index in [1.165, 1.54) is 5.56 Å². The van der Waals surface area contributed by atoms with E-state index in [0.717, 1.165) is 48.4 Å². The van der Waals surface area contributed by atoms with Crippen molar-refractivity contribution in [1.29, 1.82) is 0 Å². The molecule has 5 N–H and O–H groups in total. The fourth-order valence-corrected chi connectivity index (χ4v) is 3.99. The lowest BCUT2D eigenvalue weighted by atomic mass is 10.1. The first kappa shape index (κ1) is 19.2. The average molecular weight is 413 g/mol. The number of primary amides is 1. The molecule has 0 atom stereocenters. The summed E-state index contributed by atoms with van der Waals surface area (Å²) in [4.78, 5) is 21.5. The number of rotatable bonds is 5. The third kappa shape index (κ3) is 3.73. The molecule has 0 unspecified atom stereocenters. The van der Waals surface area contributed by atoms with Crippen LogP contribution in [0.4, 0.5) is 5.82 Å². The molecule has 0 aliphatic carbocycles. The highest BCUT2D eigenvalue weighted by molar-refractivity contribution is 6.07. The molecule has 2 aromatic heterocycles. The summed E-state index contributed by atoms with van der Waals surface area (Å²) in [6.45, 7) is 2.44. The van der Waals surface area contributed by atoms with E-state index in [0.29, 0.717) is 29.1 Å². The van der Waals surface area contributed by atoms with Crippen LogP contribution in [0, 0.1) is 0 Å². The Morgan fingerprint density at radius 2 is 1.87 bits per heavy atom. The van der Waals surface area contributed by atoms with E-state index in [9.17, 15) is 4.79 Å². The van der Waals surface area contributed by atoms with Crippen molar-refractivity contribution in [3.63, 3.8) is 0 Å². The Balaban J connectivity index is 1.59. The van der Waals surface area contributed by atoms with Gasteiger partial charge < -0.3 is 16.4 Å². The zero-order valence-electron chi connectivity index (χ0n) is 17.0. The molecule has 1 aliphatic rings. The van der Waals surface area contributed by atoms with Crippen molar-refractivity contribution in [2.75, 3.05) is 18.4 Å². The SMILES string of the molecule is NC(=O)c1cccc2c(-c3nc4c(c(NCc5ccccc5)n3)CCNCC4)[nH]nc12. The number of aromatic nitrogens is 4. The fourth-order valence-electron chi connectivity index (χ4n) is 3.99. The average Bonchev–Trinajstić information content (AvgIpc) is 3.08. The molecule has 0 saturated carbocycles. The summed E-state index contributed by atoms with van der Waals surface area (Å²) in [7, 11) is 0. The molecule has 2 aromatic carbocycles. The number of amides is 1. The van der Waals surface area contributed by atoms with Gasteiger partial charge in [0.1, 0.15) is 17.0 Å². The minimum atomic E-state index is -0.511. The molecule has 0 radical (unpaired) electrons. The minimum absolute atomic E-state index is 0.376. The number of nitrogens with zero attached hydrogens (tertiary/aromatic N) is 3. The lowest BCUT2D eigenvalue weighted by molar-refractivity contribution is 0.100. The maximum absolute atomic E-state index is 11.8. The fraction of sp³-hybridized carbons (Fsp3) is 0.217. The van der Waals surface area contributed by atoms with Crippen molar-refractivity contribution in [2.45, 2.75) is 19.4 Å². The van der Waals surface area contributed by atoms with Crippen LogP contribution in [-0.2, 0) is 19.4 Å². The monoisotopic (exact) mass is 413 g/mol. The number of carbonyl (C=O) groups is 1. The summed E-state index contributed by atoms with van der Waals surface area (Å²) < 4.78 is 0. The smallest absolute Gasteiger partial charge is 0.250 e. The van der Waals surface area contributed by atoms with Crippen molar-refractivity contribution >= 4 is 22.6 Å². The van der Waals surface area contributed by atoms with Crippen LogP contribution in [0.15, 0.2) is 48.5 Å². The van der Waals surface area contributed by atoms with Gasteiger partial charge in [-0.25, -0.2) is 9.97 Å². The lowest BCUT2D eigenvalue weighted by Gasteiger charge is -2.14. The summed E-state index contributed by atoms with van der Waals surface area (Å²) in [6, 6.07) is 15.6. The molecular formula is C23H23N7O. The number of para-hydroxylation sites is 1. The number of hydrogen-bond acceptors (Lipinski definition) is 6. The minimum Gasteiger partial charge on any atom is -0.366 e. The van der Waals surface area contributed by atoms with Gasteiger partial charge in [-0.15, -0.1) is 0 Å². The summed E-state index contributed by atoms with van der Waals surface area (Å²) >= 11 is 0. The number of nitrogens with two attached hydrogens (primary N) is 1. The van der Waals surface area contributed by atoms with E-state index in [4.69, 9.17) is 15.7 Å². The van der Waals surface area contributed by atoms with Crippen LogP contribution in [0.1, 0.15) is 27.2 Å². The lowest BCUT2D eigenvalue weighted by Crippen LogP contribution is -2.16. The molecule has 3 heterocycles. The Hall–Kier alpha value is -3.78. The molecule has 0 bridgehead atoms. The number of hydrogen-bond donors (Lipinski definition) is 4. The zero-order chi connectivity index (χ0) is 21.2. The maximum atomic E-state index is 11.8. The van der Waals surface area contributed by atoms with Crippen LogP contribution in [0.5, 0.6) is 0 Å². The van der Waals surface area contributed by atoms with Crippen LogP contribution >= 0.6 is 0 Å². The first-order chi connectivity index (χ1) is 15.2. The molecule has 8 nitrogen and oxygen atoms in total. The van der Waals surface area contributed by atoms with E-state index in [2.05, 4.69) is 33.0 Å². The van der Waals surface area contributed by atoms with Crippen LogP contribution in [0.2, 0.25) is 0 Å². The van der Waals surface area contributed by atoms with E-state index >= 15 is 0 Å². The van der Waals surface area contributed by atoms with Crippen molar-refractivity contribution < 1.29 is 4.79 Å². The van der Waals surface area contributed by atoms with Gasteiger partial charge in [-0.2, -0.15) is 5.10 Å². The molecular weight excluding hydrogens is 390 g/mol. The third-order valence-electron chi connectivity index (χ3n) is 5.56. The van der Waals surface area contributed by atoms with Gasteiger partial charge in [0.05, 0.1) is 11.3 Å². The standard InChI is InChI=1S/C23H23N7O/c24-21(31)17-8-4-7-16-19(17)29-30-20(16)23-27-18-10-12-25-11-9-15(18)22(28-23)26-13-14-5-2-1-3-6-14/h1-8,25H,9-13H2,(H2,24,31)(H,29,30)(H,26,27,28). The van der Waals surface area contributed by atoms with Crippen LogP contribution < -0.4 is 16.4 Å². The molecule has 1 amide bonds. The van der Waals surface area contributed by atoms with Gasteiger partial charge in [-0.05, 0) is 24.6 Å². The molecule has 8 heteroatoms. The molecule has 4 aromatic rings. The Morgan fingerprint density at radius 3 is 2.71 bits per heavy atom. The number of anilines is 1. The van der Waals surface area contributed by atoms with Crippen molar-refractivity contribution in [3.05, 3.63) is 70.9 Å². The van der Waals surface area contributed by atoms with Gasteiger partial charge in [0, 0.05) is 30.5 Å². The van der Waals surface area contributed by atoms with Crippen molar-refractivity contribution in [1.82, 2.24) is 25.5 Å². The molecule has 1 aliphatic heterocycles. The highest BCUT2D eigenvalue weighted by Crippen LogP contribution is 2.29. The quantitative estimate of drug-likeness (QED) is 0.399. The molecule has 156 valence electrons. The second-order valence-corrected chi connectivity index (χ2v) is 7.57. The number of fused-ring (bicyclic) bond motifs is 2.